The number of nitrogens with zero attached hydrogens (tertiary/aromatic N) is 1. The van der Waals surface area contributed by atoms with E-state index in [1.54, 1.807) is 11.3 Å². The average Bonchev–Trinajstić information content (AvgIpc) is 2.97. The predicted molar refractivity (Wildman–Crippen MR) is 108 cm³/mol. The summed E-state index contributed by atoms with van der Waals surface area (Å²) in [6, 6.07) is 14.0. The summed E-state index contributed by atoms with van der Waals surface area (Å²) in [6.45, 7) is 4.19. The minimum atomic E-state index is 0.0982. The molecule has 124 valence electrons. The Morgan fingerprint density at radius 1 is 1.25 bits per heavy atom. The van der Waals surface area contributed by atoms with Crippen molar-refractivity contribution in [1.29, 1.82) is 0 Å². The molecule has 0 aliphatic rings. The Kier molecular flexibility index (Phi) is 5.33. The molecule has 6 heteroatoms. The van der Waals surface area contributed by atoms with Gasteiger partial charge in [-0.05, 0) is 61.5 Å². The van der Waals surface area contributed by atoms with Gasteiger partial charge in [-0.25, -0.2) is 4.98 Å². The van der Waals surface area contributed by atoms with E-state index in [0.29, 0.717) is 5.11 Å². The van der Waals surface area contributed by atoms with Crippen LogP contribution in [0.4, 0.5) is 5.69 Å². The fraction of sp³-hybridized carbons (Fsp3) is 0.222. The van der Waals surface area contributed by atoms with Crippen molar-refractivity contribution in [1.82, 2.24) is 10.3 Å². The third-order valence-electron chi connectivity index (χ3n) is 3.71. The molecule has 0 bridgehead atoms. The Morgan fingerprint density at radius 2 is 2.00 bits per heavy atom. The van der Waals surface area contributed by atoms with Crippen LogP contribution in [-0.4, -0.2) is 10.1 Å². The number of halogens is 1. The number of aromatic nitrogens is 1. The molecule has 0 saturated carbocycles. The van der Waals surface area contributed by atoms with Gasteiger partial charge < -0.3 is 10.6 Å². The Labute approximate surface area is 156 Å². The van der Waals surface area contributed by atoms with E-state index in [2.05, 4.69) is 35.5 Å². The van der Waals surface area contributed by atoms with Crippen molar-refractivity contribution < 1.29 is 0 Å². The lowest BCUT2D eigenvalue weighted by molar-refractivity contribution is 0.723. The van der Waals surface area contributed by atoms with Crippen LogP contribution < -0.4 is 10.6 Å². The van der Waals surface area contributed by atoms with Gasteiger partial charge >= 0.3 is 0 Å². The minimum absolute atomic E-state index is 0.0982. The van der Waals surface area contributed by atoms with E-state index in [1.165, 1.54) is 4.70 Å². The summed E-state index contributed by atoms with van der Waals surface area (Å²) >= 11 is 13.1. The number of hydrogen-bond acceptors (Lipinski definition) is 3. The van der Waals surface area contributed by atoms with Gasteiger partial charge in [0.2, 0.25) is 0 Å². The molecule has 3 aromatic rings. The molecule has 1 atom stereocenters. The van der Waals surface area contributed by atoms with E-state index >= 15 is 0 Å². The van der Waals surface area contributed by atoms with Gasteiger partial charge in [-0.3, -0.25) is 0 Å². The van der Waals surface area contributed by atoms with Gasteiger partial charge in [-0.15, -0.1) is 11.3 Å². The van der Waals surface area contributed by atoms with Gasteiger partial charge in [0.1, 0.15) is 0 Å². The summed E-state index contributed by atoms with van der Waals surface area (Å²) in [4.78, 5) is 4.58. The normalized spacial score (nSPS) is 12.1. The third-order valence-corrected chi connectivity index (χ3v) is 5.35. The van der Waals surface area contributed by atoms with E-state index in [9.17, 15) is 0 Å². The van der Waals surface area contributed by atoms with Crippen molar-refractivity contribution in [3.8, 4) is 0 Å². The summed E-state index contributed by atoms with van der Waals surface area (Å²) in [5, 5.41) is 9.02. The Balaban J connectivity index is 1.66. The Bertz CT molecular complexity index is 858. The number of hydrogen-bond donors (Lipinski definition) is 2. The first kappa shape index (κ1) is 17.1. The standard InChI is InChI=1S/C18H18ClN3S2/c1-3-17-22-15-9-8-14(10-16(15)24-17)21-18(23)20-11(2)12-4-6-13(19)7-5-12/h4-11H,3H2,1-2H3,(H2,20,21,23). The molecule has 0 spiro atoms. The quantitative estimate of drug-likeness (QED) is 0.585. The van der Waals surface area contributed by atoms with Crippen LogP contribution in [0.5, 0.6) is 0 Å². The van der Waals surface area contributed by atoms with E-state index in [4.69, 9.17) is 23.8 Å². The topological polar surface area (TPSA) is 37.0 Å². The van der Waals surface area contributed by atoms with Gasteiger partial charge in [0, 0.05) is 10.7 Å². The predicted octanol–water partition coefficient (Wildman–Crippen LogP) is 5.56. The van der Waals surface area contributed by atoms with Gasteiger partial charge in [0.05, 0.1) is 21.3 Å². The molecule has 2 aromatic carbocycles. The summed E-state index contributed by atoms with van der Waals surface area (Å²) in [6.07, 6.45) is 0.959. The van der Waals surface area contributed by atoms with Crippen LogP contribution >= 0.6 is 35.2 Å². The van der Waals surface area contributed by atoms with E-state index in [-0.39, 0.29) is 6.04 Å². The summed E-state index contributed by atoms with van der Waals surface area (Å²) in [5.74, 6) is 0. The highest BCUT2D eigenvalue weighted by molar-refractivity contribution is 7.80. The highest BCUT2D eigenvalue weighted by Gasteiger charge is 2.08. The average molecular weight is 376 g/mol. The lowest BCUT2D eigenvalue weighted by Crippen LogP contribution is -2.30. The molecule has 0 aliphatic heterocycles. The van der Waals surface area contributed by atoms with Crippen molar-refractivity contribution in [2.45, 2.75) is 26.3 Å². The number of anilines is 1. The summed E-state index contributed by atoms with van der Waals surface area (Å²) in [7, 11) is 0. The van der Waals surface area contributed by atoms with Crippen LogP contribution in [0.25, 0.3) is 10.2 Å². The maximum absolute atomic E-state index is 5.93. The number of benzene rings is 2. The molecular formula is C18H18ClN3S2. The Hall–Kier alpha value is -1.69. The first-order chi connectivity index (χ1) is 11.5. The van der Waals surface area contributed by atoms with E-state index < -0.39 is 0 Å². The van der Waals surface area contributed by atoms with Crippen molar-refractivity contribution in [2.75, 3.05) is 5.32 Å². The van der Waals surface area contributed by atoms with Crippen molar-refractivity contribution in [2.24, 2.45) is 0 Å². The molecule has 3 nitrogen and oxygen atoms in total. The molecule has 1 heterocycles. The molecule has 1 aromatic heterocycles. The number of thiocarbonyl (C=S) groups is 1. The molecule has 0 radical (unpaired) electrons. The van der Waals surface area contributed by atoms with Crippen LogP contribution in [0.2, 0.25) is 5.02 Å². The van der Waals surface area contributed by atoms with Crippen molar-refractivity contribution in [3.05, 3.63) is 58.1 Å². The zero-order chi connectivity index (χ0) is 17.1. The molecule has 24 heavy (non-hydrogen) atoms. The minimum Gasteiger partial charge on any atom is -0.356 e. The maximum Gasteiger partial charge on any atom is 0.171 e. The SMILES string of the molecule is CCc1nc2ccc(NC(=S)NC(C)c3ccc(Cl)cc3)cc2s1. The van der Waals surface area contributed by atoms with Crippen LogP contribution in [0.1, 0.15) is 30.5 Å². The van der Waals surface area contributed by atoms with E-state index in [0.717, 1.165) is 33.2 Å². The van der Waals surface area contributed by atoms with Crippen LogP contribution in [0.15, 0.2) is 42.5 Å². The zero-order valence-corrected chi connectivity index (χ0v) is 15.9. The van der Waals surface area contributed by atoms with Crippen LogP contribution in [-0.2, 0) is 6.42 Å². The second kappa shape index (κ2) is 7.47. The summed E-state index contributed by atoms with van der Waals surface area (Å²) < 4.78 is 1.17. The first-order valence-corrected chi connectivity index (χ1v) is 9.38. The Morgan fingerprint density at radius 3 is 2.71 bits per heavy atom. The van der Waals surface area contributed by atoms with Gasteiger partial charge in [-0.1, -0.05) is 30.7 Å². The largest absolute Gasteiger partial charge is 0.356 e. The number of aryl methyl sites for hydroxylation is 1. The molecule has 0 saturated heterocycles. The van der Waals surface area contributed by atoms with E-state index in [1.807, 2.05) is 36.4 Å². The molecule has 0 fully saturated rings. The highest BCUT2D eigenvalue weighted by atomic mass is 35.5. The van der Waals surface area contributed by atoms with Crippen LogP contribution in [0, 0.1) is 0 Å². The smallest absolute Gasteiger partial charge is 0.171 e. The second-order valence-electron chi connectivity index (χ2n) is 5.52. The fourth-order valence-electron chi connectivity index (χ4n) is 2.40. The van der Waals surface area contributed by atoms with Gasteiger partial charge in [-0.2, -0.15) is 0 Å². The van der Waals surface area contributed by atoms with Gasteiger partial charge in [0.25, 0.3) is 0 Å². The number of thiazole rings is 1. The molecule has 2 N–H and O–H groups in total. The highest BCUT2D eigenvalue weighted by Crippen LogP contribution is 2.25. The fourth-order valence-corrected chi connectivity index (χ4v) is 3.77. The maximum atomic E-state index is 5.93. The second-order valence-corrected chi connectivity index (χ2v) is 7.48. The van der Waals surface area contributed by atoms with Gasteiger partial charge in [0.15, 0.2) is 5.11 Å². The molecule has 0 aliphatic carbocycles. The molecular weight excluding hydrogens is 358 g/mol. The monoisotopic (exact) mass is 375 g/mol. The van der Waals surface area contributed by atoms with Crippen molar-refractivity contribution >= 4 is 56.2 Å². The lowest BCUT2D eigenvalue weighted by Gasteiger charge is -2.17. The third kappa shape index (κ3) is 4.04. The number of fused-ring (bicyclic) bond motifs is 1. The number of rotatable bonds is 4. The van der Waals surface area contributed by atoms with Crippen molar-refractivity contribution in [3.63, 3.8) is 0 Å². The molecule has 1 unspecified atom stereocenters. The summed E-state index contributed by atoms with van der Waals surface area (Å²) in [5.41, 5.74) is 3.14. The number of nitrogens with one attached hydrogen (secondary N) is 2. The van der Waals surface area contributed by atoms with Crippen LogP contribution in [0.3, 0.4) is 0 Å². The molecule has 3 rings (SSSR count). The lowest BCUT2D eigenvalue weighted by atomic mass is 10.1. The zero-order valence-electron chi connectivity index (χ0n) is 13.5. The first-order valence-electron chi connectivity index (χ1n) is 7.77. The molecule has 0 amide bonds.